The monoisotopic (exact) mass is 282 g/mol. The molecular weight excluding hydrogens is 259 g/mol. The Morgan fingerprint density at radius 2 is 2.20 bits per heavy atom. The molecule has 1 fully saturated rings. The molecule has 1 aliphatic carbocycles. The third-order valence-corrected chi connectivity index (χ3v) is 3.70. The van der Waals surface area contributed by atoms with Gasteiger partial charge in [0, 0.05) is 26.8 Å². The highest BCUT2D eigenvalue weighted by molar-refractivity contribution is 5.41. The number of nitrogens with zero attached hydrogens (tertiary/aromatic N) is 2. The summed E-state index contributed by atoms with van der Waals surface area (Å²) in [5.74, 6) is 0.342. The van der Waals surface area contributed by atoms with Crippen LogP contribution in [0.15, 0.2) is 6.20 Å². The van der Waals surface area contributed by atoms with Crippen molar-refractivity contribution in [2.45, 2.75) is 32.6 Å². The third-order valence-electron chi connectivity index (χ3n) is 3.70. The fourth-order valence-electron chi connectivity index (χ4n) is 2.09. The lowest BCUT2D eigenvalue weighted by Crippen LogP contribution is -2.19. The summed E-state index contributed by atoms with van der Waals surface area (Å²) in [5.41, 5.74) is 0.254. The lowest BCUT2D eigenvalue weighted by atomic mass is 10.0. The Labute approximate surface area is 119 Å². The van der Waals surface area contributed by atoms with Gasteiger partial charge in [0.2, 0.25) is 5.95 Å². The smallest absolute Gasteiger partial charge is 0.224 e. The van der Waals surface area contributed by atoms with Crippen LogP contribution in [-0.4, -0.2) is 36.8 Å². The van der Waals surface area contributed by atoms with Crippen LogP contribution in [0.5, 0.6) is 0 Å². The molecular formula is C14H23FN4O. The minimum atomic E-state index is -0.408. The van der Waals surface area contributed by atoms with Crippen molar-refractivity contribution in [3.63, 3.8) is 0 Å². The Morgan fingerprint density at radius 1 is 1.40 bits per heavy atom. The van der Waals surface area contributed by atoms with Gasteiger partial charge >= 0.3 is 0 Å². The number of methoxy groups -OCH3 is 1. The summed E-state index contributed by atoms with van der Waals surface area (Å²) < 4.78 is 18.8. The number of nitrogens with one attached hydrogen (secondary N) is 2. The molecule has 6 heteroatoms. The van der Waals surface area contributed by atoms with E-state index in [1.807, 2.05) is 0 Å². The number of aromatic nitrogens is 2. The van der Waals surface area contributed by atoms with E-state index in [4.69, 9.17) is 4.74 Å². The van der Waals surface area contributed by atoms with Crippen LogP contribution in [-0.2, 0) is 4.74 Å². The molecule has 1 aromatic rings. The van der Waals surface area contributed by atoms with Crippen LogP contribution >= 0.6 is 0 Å². The largest absolute Gasteiger partial charge is 0.385 e. The van der Waals surface area contributed by atoms with E-state index in [9.17, 15) is 4.39 Å². The van der Waals surface area contributed by atoms with Crippen molar-refractivity contribution < 1.29 is 9.13 Å². The van der Waals surface area contributed by atoms with E-state index >= 15 is 0 Å². The summed E-state index contributed by atoms with van der Waals surface area (Å²) in [6.07, 6.45) is 5.52. The predicted octanol–water partition coefficient (Wildman–Crippen LogP) is 2.67. The zero-order valence-electron chi connectivity index (χ0n) is 12.2. The number of hydrogen-bond donors (Lipinski definition) is 2. The normalized spacial score (nSPS) is 15.9. The fourth-order valence-corrected chi connectivity index (χ4v) is 2.09. The number of anilines is 2. The maximum atomic E-state index is 13.7. The van der Waals surface area contributed by atoms with Gasteiger partial charge in [-0.25, -0.2) is 9.37 Å². The molecule has 0 amide bonds. The molecule has 0 aliphatic heterocycles. The van der Waals surface area contributed by atoms with Gasteiger partial charge in [0.15, 0.2) is 11.6 Å². The van der Waals surface area contributed by atoms with Crippen LogP contribution in [0.3, 0.4) is 0 Å². The molecule has 0 bridgehead atoms. The first-order valence-electron chi connectivity index (χ1n) is 7.18. The summed E-state index contributed by atoms with van der Waals surface area (Å²) in [4.78, 5) is 8.11. The van der Waals surface area contributed by atoms with Gasteiger partial charge in [-0.05, 0) is 31.1 Å². The molecule has 5 nitrogen and oxygen atoms in total. The summed E-state index contributed by atoms with van der Waals surface area (Å²) in [6, 6.07) is 0. The maximum Gasteiger partial charge on any atom is 0.224 e. The standard InChI is InChI=1S/C14H23FN4O/c1-3-7-16-13-17-9-11(15)12(19-13)18-10-14(4-5-14)6-8-20-2/h9H,3-8,10H2,1-2H3,(H2,16,17,18,19). The summed E-state index contributed by atoms with van der Waals surface area (Å²) >= 11 is 0. The topological polar surface area (TPSA) is 59.1 Å². The molecule has 0 saturated heterocycles. The Kier molecular flexibility index (Phi) is 5.11. The average Bonchev–Trinajstić information content (AvgIpc) is 3.23. The molecule has 0 unspecified atom stereocenters. The van der Waals surface area contributed by atoms with Crippen molar-refractivity contribution in [1.29, 1.82) is 0 Å². The van der Waals surface area contributed by atoms with Crippen molar-refractivity contribution in [2.75, 3.05) is 37.4 Å². The van der Waals surface area contributed by atoms with E-state index in [1.165, 1.54) is 6.20 Å². The van der Waals surface area contributed by atoms with Crippen molar-refractivity contribution in [3.05, 3.63) is 12.0 Å². The van der Waals surface area contributed by atoms with Crippen LogP contribution in [0.1, 0.15) is 32.6 Å². The third kappa shape index (κ3) is 4.03. The quantitative estimate of drug-likeness (QED) is 0.729. The van der Waals surface area contributed by atoms with Crippen molar-refractivity contribution in [3.8, 4) is 0 Å². The highest BCUT2D eigenvalue weighted by Gasteiger charge is 2.41. The summed E-state index contributed by atoms with van der Waals surface area (Å²) in [5, 5.41) is 6.18. The lowest BCUT2D eigenvalue weighted by Gasteiger charge is -2.16. The van der Waals surface area contributed by atoms with E-state index in [1.54, 1.807) is 7.11 Å². The molecule has 2 N–H and O–H groups in total. The molecule has 1 saturated carbocycles. The molecule has 2 rings (SSSR count). The molecule has 1 aliphatic rings. The maximum absolute atomic E-state index is 13.7. The van der Waals surface area contributed by atoms with E-state index in [0.717, 1.165) is 45.4 Å². The second-order valence-electron chi connectivity index (χ2n) is 5.41. The van der Waals surface area contributed by atoms with E-state index < -0.39 is 5.82 Å². The minimum absolute atomic E-state index is 0.254. The Hall–Kier alpha value is -1.43. The van der Waals surface area contributed by atoms with Crippen LogP contribution in [0.25, 0.3) is 0 Å². The van der Waals surface area contributed by atoms with Gasteiger partial charge in [-0.3, -0.25) is 0 Å². The second-order valence-corrected chi connectivity index (χ2v) is 5.41. The number of hydrogen-bond acceptors (Lipinski definition) is 5. The number of rotatable bonds is 9. The van der Waals surface area contributed by atoms with Crippen molar-refractivity contribution in [2.24, 2.45) is 5.41 Å². The first kappa shape index (κ1) is 15.0. The van der Waals surface area contributed by atoms with Crippen LogP contribution in [0, 0.1) is 11.2 Å². The zero-order valence-corrected chi connectivity index (χ0v) is 12.2. The predicted molar refractivity (Wildman–Crippen MR) is 77.4 cm³/mol. The molecule has 1 heterocycles. The van der Waals surface area contributed by atoms with Crippen LogP contribution < -0.4 is 10.6 Å². The van der Waals surface area contributed by atoms with Crippen LogP contribution in [0.2, 0.25) is 0 Å². The van der Waals surface area contributed by atoms with Gasteiger partial charge in [-0.15, -0.1) is 0 Å². The lowest BCUT2D eigenvalue weighted by molar-refractivity contribution is 0.175. The Bertz CT molecular complexity index is 437. The Balaban J connectivity index is 1.91. The molecule has 20 heavy (non-hydrogen) atoms. The first-order valence-corrected chi connectivity index (χ1v) is 7.18. The molecule has 0 atom stereocenters. The van der Waals surface area contributed by atoms with Gasteiger partial charge in [-0.2, -0.15) is 4.98 Å². The number of halogens is 1. The van der Waals surface area contributed by atoms with Gasteiger partial charge in [-0.1, -0.05) is 6.92 Å². The van der Waals surface area contributed by atoms with Crippen molar-refractivity contribution in [1.82, 2.24) is 9.97 Å². The molecule has 112 valence electrons. The van der Waals surface area contributed by atoms with E-state index in [0.29, 0.717) is 5.95 Å². The highest BCUT2D eigenvalue weighted by atomic mass is 19.1. The number of ether oxygens (including phenoxy) is 1. The highest BCUT2D eigenvalue weighted by Crippen LogP contribution is 2.48. The summed E-state index contributed by atoms with van der Waals surface area (Å²) in [7, 11) is 1.71. The van der Waals surface area contributed by atoms with E-state index in [-0.39, 0.29) is 11.2 Å². The average molecular weight is 282 g/mol. The second kappa shape index (κ2) is 6.83. The minimum Gasteiger partial charge on any atom is -0.385 e. The van der Waals surface area contributed by atoms with Gasteiger partial charge in [0.1, 0.15) is 0 Å². The zero-order chi connectivity index (χ0) is 14.4. The Morgan fingerprint density at radius 3 is 2.85 bits per heavy atom. The van der Waals surface area contributed by atoms with E-state index in [2.05, 4.69) is 27.5 Å². The SMILES string of the molecule is CCCNc1ncc(F)c(NCC2(CCOC)CC2)n1. The van der Waals surface area contributed by atoms with Gasteiger partial charge in [0.25, 0.3) is 0 Å². The van der Waals surface area contributed by atoms with Crippen LogP contribution in [0.4, 0.5) is 16.2 Å². The first-order chi connectivity index (χ1) is 9.69. The molecule has 0 aromatic carbocycles. The van der Waals surface area contributed by atoms with Crippen molar-refractivity contribution >= 4 is 11.8 Å². The molecule has 0 spiro atoms. The summed E-state index contributed by atoms with van der Waals surface area (Å²) in [6.45, 7) is 4.32. The molecule has 0 radical (unpaired) electrons. The fraction of sp³-hybridized carbons (Fsp3) is 0.714. The molecule has 1 aromatic heterocycles. The van der Waals surface area contributed by atoms with Gasteiger partial charge < -0.3 is 15.4 Å². The van der Waals surface area contributed by atoms with Gasteiger partial charge in [0.05, 0.1) is 6.20 Å².